The van der Waals surface area contributed by atoms with E-state index >= 15 is 0 Å². The van der Waals surface area contributed by atoms with Crippen molar-refractivity contribution in [3.8, 4) is 0 Å². The van der Waals surface area contributed by atoms with Crippen molar-refractivity contribution in [3.05, 3.63) is 16.6 Å². The third-order valence-electron chi connectivity index (χ3n) is 3.23. The van der Waals surface area contributed by atoms with Gasteiger partial charge in [0.15, 0.2) is 0 Å². The maximum absolute atomic E-state index is 12.1. The summed E-state index contributed by atoms with van der Waals surface area (Å²) in [6.45, 7) is 4.40. The van der Waals surface area contributed by atoms with Gasteiger partial charge in [0.05, 0.1) is 23.7 Å². The van der Waals surface area contributed by atoms with Crippen LogP contribution in [0.4, 0.5) is 0 Å². The quantitative estimate of drug-likeness (QED) is 0.813. The first kappa shape index (κ1) is 13.2. The van der Waals surface area contributed by atoms with E-state index in [-0.39, 0.29) is 24.3 Å². The molecular weight excluding hydrogens is 250 g/mol. The van der Waals surface area contributed by atoms with Crippen LogP contribution in [0.25, 0.3) is 0 Å². The van der Waals surface area contributed by atoms with E-state index in [1.165, 1.54) is 16.2 Å². The standard InChI is InChI=1S/C12H17N3O2S/c1-3-8(2)15-11(16)4-10(12(15)17)13-5-9-6-18-7-14-9/h6-8,10,13H,3-5H2,1-2H3. The van der Waals surface area contributed by atoms with Crippen LogP contribution in [-0.2, 0) is 16.1 Å². The van der Waals surface area contributed by atoms with Crippen LogP contribution in [0.1, 0.15) is 32.4 Å². The van der Waals surface area contributed by atoms with E-state index in [9.17, 15) is 9.59 Å². The van der Waals surface area contributed by atoms with Crippen LogP contribution in [0.3, 0.4) is 0 Å². The molecule has 1 N–H and O–H groups in total. The summed E-state index contributed by atoms with van der Waals surface area (Å²) >= 11 is 1.52. The maximum atomic E-state index is 12.1. The van der Waals surface area contributed by atoms with Gasteiger partial charge >= 0.3 is 0 Å². The fraction of sp³-hybridized carbons (Fsp3) is 0.583. The van der Waals surface area contributed by atoms with Gasteiger partial charge in [-0.2, -0.15) is 0 Å². The van der Waals surface area contributed by atoms with Gasteiger partial charge in [-0.25, -0.2) is 4.98 Å². The minimum Gasteiger partial charge on any atom is -0.300 e. The Labute approximate surface area is 110 Å². The lowest BCUT2D eigenvalue weighted by Crippen LogP contribution is -2.42. The number of rotatable bonds is 5. The summed E-state index contributed by atoms with van der Waals surface area (Å²) in [5.41, 5.74) is 2.66. The topological polar surface area (TPSA) is 62.3 Å². The Morgan fingerprint density at radius 2 is 2.39 bits per heavy atom. The first-order valence-corrected chi connectivity index (χ1v) is 7.04. The smallest absolute Gasteiger partial charge is 0.247 e. The summed E-state index contributed by atoms with van der Waals surface area (Å²) in [6.07, 6.45) is 1.05. The molecule has 0 spiro atoms. The second-order valence-electron chi connectivity index (χ2n) is 4.48. The van der Waals surface area contributed by atoms with Gasteiger partial charge in [-0.3, -0.25) is 19.8 Å². The highest BCUT2D eigenvalue weighted by Crippen LogP contribution is 2.18. The molecule has 1 aliphatic heterocycles. The normalized spacial score (nSPS) is 21.7. The van der Waals surface area contributed by atoms with Gasteiger partial charge in [0.25, 0.3) is 0 Å². The molecule has 2 heterocycles. The molecule has 1 aromatic rings. The number of carbonyl (C=O) groups is 2. The molecule has 0 bridgehead atoms. The highest BCUT2D eigenvalue weighted by Gasteiger charge is 2.40. The summed E-state index contributed by atoms with van der Waals surface area (Å²) in [7, 11) is 0. The molecule has 2 unspecified atom stereocenters. The van der Waals surface area contributed by atoms with Gasteiger partial charge in [0.2, 0.25) is 11.8 Å². The number of aromatic nitrogens is 1. The monoisotopic (exact) mass is 267 g/mol. The van der Waals surface area contributed by atoms with Crippen molar-refractivity contribution < 1.29 is 9.59 Å². The van der Waals surface area contributed by atoms with Gasteiger partial charge in [0, 0.05) is 18.0 Å². The van der Waals surface area contributed by atoms with Crippen LogP contribution < -0.4 is 5.32 Å². The molecule has 2 rings (SSSR count). The second kappa shape index (κ2) is 5.58. The van der Waals surface area contributed by atoms with E-state index in [0.29, 0.717) is 6.54 Å². The molecule has 0 saturated carbocycles. The van der Waals surface area contributed by atoms with E-state index in [1.54, 1.807) is 5.51 Å². The summed E-state index contributed by atoms with van der Waals surface area (Å²) in [5, 5.41) is 5.04. The predicted molar refractivity (Wildman–Crippen MR) is 69.0 cm³/mol. The molecular formula is C12H17N3O2S. The Balaban J connectivity index is 1.95. The fourth-order valence-corrected chi connectivity index (χ4v) is 2.57. The summed E-state index contributed by atoms with van der Waals surface area (Å²) in [5.74, 6) is -0.185. The van der Waals surface area contributed by atoms with E-state index in [2.05, 4.69) is 10.3 Å². The van der Waals surface area contributed by atoms with Crippen molar-refractivity contribution in [2.24, 2.45) is 0 Å². The molecule has 0 radical (unpaired) electrons. The third-order valence-corrected chi connectivity index (χ3v) is 3.86. The molecule has 98 valence electrons. The van der Waals surface area contributed by atoms with Crippen molar-refractivity contribution >= 4 is 23.2 Å². The lowest BCUT2D eigenvalue weighted by atomic mass is 10.2. The van der Waals surface area contributed by atoms with Gasteiger partial charge in [-0.1, -0.05) is 6.92 Å². The summed E-state index contributed by atoms with van der Waals surface area (Å²) in [4.78, 5) is 29.4. The van der Waals surface area contributed by atoms with Crippen LogP contribution in [0, 0.1) is 0 Å². The zero-order valence-corrected chi connectivity index (χ0v) is 11.4. The second-order valence-corrected chi connectivity index (χ2v) is 5.20. The van der Waals surface area contributed by atoms with Crippen LogP contribution in [0.15, 0.2) is 10.9 Å². The summed E-state index contributed by atoms with van der Waals surface area (Å²) in [6, 6.07) is -0.413. The van der Waals surface area contributed by atoms with E-state index in [1.807, 2.05) is 19.2 Å². The summed E-state index contributed by atoms with van der Waals surface area (Å²) < 4.78 is 0. The first-order chi connectivity index (χ1) is 8.63. The van der Waals surface area contributed by atoms with Gasteiger partial charge in [-0.15, -0.1) is 11.3 Å². The van der Waals surface area contributed by atoms with Gasteiger partial charge < -0.3 is 0 Å². The molecule has 1 fully saturated rings. The number of likely N-dealkylation sites (tertiary alicyclic amines) is 1. The van der Waals surface area contributed by atoms with Crippen LogP contribution in [-0.4, -0.2) is 33.8 Å². The van der Waals surface area contributed by atoms with Crippen molar-refractivity contribution in [2.45, 2.75) is 45.3 Å². The van der Waals surface area contributed by atoms with Crippen LogP contribution in [0.5, 0.6) is 0 Å². The number of thiazole rings is 1. The molecule has 0 aliphatic carbocycles. The van der Waals surface area contributed by atoms with E-state index in [0.717, 1.165) is 12.1 Å². The number of nitrogens with zero attached hydrogens (tertiary/aromatic N) is 2. The third kappa shape index (κ3) is 2.59. The number of nitrogens with one attached hydrogen (secondary N) is 1. The van der Waals surface area contributed by atoms with Crippen molar-refractivity contribution in [1.29, 1.82) is 0 Å². The molecule has 6 heteroatoms. The molecule has 2 atom stereocenters. The largest absolute Gasteiger partial charge is 0.300 e. The van der Waals surface area contributed by atoms with Crippen LogP contribution >= 0.6 is 11.3 Å². The van der Waals surface area contributed by atoms with E-state index in [4.69, 9.17) is 0 Å². The predicted octanol–water partition coefficient (Wildman–Crippen LogP) is 1.16. The lowest BCUT2D eigenvalue weighted by Gasteiger charge is -2.21. The minimum absolute atomic E-state index is 0.0175. The highest BCUT2D eigenvalue weighted by molar-refractivity contribution is 7.07. The fourth-order valence-electron chi connectivity index (χ4n) is 2.01. The Kier molecular flexibility index (Phi) is 4.08. The van der Waals surface area contributed by atoms with Gasteiger partial charge in [-0.05, 0) is 13.3 Å². The van der Waals surface area contributed by atoms with Gasteiger partial charge in [0.1, 0.15) is 0 Å². The van der Waals surface area contributed by atoms with Crippen LogP contribution in [0.2, 0.25) is 0 Å². The Hall–Kier alpha value is -1.27. The molecule has 1 aromatic heterocycles. The molecule has 0 aromatic carbocycles. The molecule has 1 saturated heterocycles. The Bertz CT molecular complexity index is 433. The lowest BCUT2D eigenvalue weighted by molar-refractivity contribution is -0.141. The van der Waals surface area contributed by atoms with Crippen molar-refractivity contribution in [1.82, 2.24) is 15.2 Å². The first-order valence-electron chi connectivity index (χ1n) is 6.09. The number of hydrogen-bond donors (Lipinski definition) is 1. The maximum Gasteiger partial charge on any atom is 0.247 e. The van der Waals surface area contributed by atoms with E-state index < -0.39 is 6.04 Å². The SMILES string of the molecule is CCC(C)N1C(=O)CC(NCc2cscn2)C1=O. The molecule has 1 aliphatic rings. The average Bonchev–Trinajstić information content (AvgIpc) is 2.95. The number of imide groups is 1. The Morgan fingerprint density at radius 1 is 1.61 bits per heavy atom. The zero-order chi connectivity index (χ0) is 13.1. The Morgan fingerprint density at radius 3 is 3.00 bits per heavy atom. The molecule has 18 heavy (non-hydrogen) atoms. The number of hydrogen-bond acceptors (Lipinski definition) is 5. The zero-order valence-electron chi connectivity index (χ0n) is 10.5. The molecule has 2 amide bonds. The highest BCUT2D eigenvalue weighted by atomic mass is 32.1. The number of carbonyl (C=O) groups excluding carboxylic acids is 2. The van der Waals surface area contributed by atoms with Crippen molar-refractivity contribution in [3.63, 3.8) is 0 Å². The van der Waals surface area contributed by atoms with Crippen molar-refractivity contribution in [2.75, 3.05) is 0 Å². The average molecular weight is 267 g/mol. The number of amides is 2. The molecule has 5 nitrogen and oxygen atoms in total. The minimum atomic E-state index is -0.395.